The molecule has 0 radical (unpaired) electrons. The number of fused-ring (bicyclic) bond motifs is 1. The highest BCUT2D eigenvalue weighted by Crippen LogP contribution is 2.21. The number of hydrogen-bond donors (Lipinski definition) is 2. The Morgan fingerprint density at radius 3 is 2.92 bits per heavy atom. The van der Waals surface area contributed by atoms with E-state index in [1.54, 1.807) is 19.4 Å². The molecule has 0 saturated carbocycles. The Labute approximate surface area is 145 Å². The van der Waals surface area contributed by atoms with Gasteiger partial charge in [0.1, 0.15) is 17.8 Å². The Kier molecular flexibility index (Phi) is 5.48. The second-order valence-electron chi connectivity index (χ2n) is 5.40. The third-order valence-electron chi connectivity index (χ3n) is 3.61. The van der Waals surface area contributed by atoms with Gasteiger partial charge in [-0.15, -0.1) is 0 Å². The second kappa shape index (κ2) is 8.16. The van der Waals surface area contributed by atoms with Gasteiger partial charge in [0, 0.05) is 37.9 Å². The average molecular weight is 337 g/mol. The summed E-state index contributed by atoms with van der Waals surface area (Å²) in [6.45, 7) is 1.37. The van der Waals surface area contributed by atoms with Gasteiger partial charge in [0.2, 0.25) is 0 Å². The Morgan fingerprint density at radius 2 is 2.04 bits per heavy atom. The van der Waals surface area contributed by atoms with Crippen LogP contribution in [0, 0.1) is 0 Å². The van der Waals surface area contributed by atoms with Crippen LogP contribution in [0.1, 0.15) is 16.9 Å². The molecule has 3 rings (SSSR count). The molecule has 3 aromatic rings. The van der Waals surface area contributed by atoms with Crippen molar-refractivity contribution in [2.24, 2.45) is 0 Å². The van der Waals surface area contributed by atoms with Crippen molar-refractivity contribution in [1.82, 2.24) is 15.0 Å². The summed E-state index contributed by atoms with van der Waals surface area (Å²) in [5.41, 5.74) is 1.68. The van der Waals surface area contributed by atoms with Crippen LogP contribution in [0.4, 0.5) is 11.5 Å². The number of benzene rings is 1. The van der Waals surface area contributed by atoms with Crippen molar-refractivity contribution >= 4 is 28.3 Å². The van der Waals surface area contributed by atoms with E-state index in [1.165, 1.54) is 6.33 Å². The topological polar surface area (TPSA) is 89.0 Å². The zero-order valence-corrected chi connectivity index (χ0v) is 13.9. The summed E-state index contributed by atoms with van der Waals surface area (Å²) < 4.78 is 5.00. The Morgan fingerprint density at radius 1 is 1.16 bits per heavy atom. The summed E-state index contributed by atoms with van der Waals surface area (Å²) in [7, 11) is 1.66. The molecule has 25 heavy (non-hydrogen) atoms. The number of aromatic nitrogens is 3. The van der Waals surface area contributed by atoms with E-state index in [9.17, 15) is 4.79 Å². The van der Waals surface area contributed by atoms with Crippen LogP contribution in [0.15, 0.2) is 48.9 Å². The fourth-order valence-corrected chi connectivity index (χ4v) is 2.40. The first kappa shape index (κ1) is 16.8. The van der Waals surface area contributed by atoms with Crippen LogP contribution in [0.25, 0.3) is 10.9 Å². The lowest BCUT2D eigenvalue weighted by Crippen LogP contribution is -2.15. The number of rotatable bonds is 7. The molecule has 0 spiro atoms. The van der Waals surface area contributed by atoms with Gasteiger partial charge in [-0.05, 0) is 18.6 Å². The molecular formula is C18H19N5O2. The molecule has 0 fully saturated rings. The number of carbonyl (C=O) groups excluding carboxylic acids is 1. The standard InChI is InChI=1S/C18H19N5O2/c1-25-10-4-9-19-16-11-15(21-12-22-16)18(24)23-14-7-2-5-13-6-3-8-20-17(13)14/h2-3,5-8,11-12H,4,9-10H2,1H3,(H,23,24)(H,19,21,22). The van der Waals surface area contributed by atoms with E-state index in [1.807, 2.05) is 30.3 Å². The second-order valence-corrected chi connectivity index (χ2v) is 5.40. The number of carbonyl (C=O) groups is 1. The van der Waals surface area contributed by atoms with Crippen LogP contribution in [0.2, 0.25) is 0 Å². The van der Waals surface area contributed by atoms with Crippen LogP contribution < -0.4 is 10.6 Å². The van der Waals surface area contributed by atoms with Gasteiger partial charge in [-0.1, -0.05) is 18.2 Å². The van der Waals surface area contributed by atoms with Crippen molar-refractivity contribution in [2.75, 3.05) is 30.9 Å². The van der Waals surface area contributed by atoms with Gasteiger partial charge >= 0.3 is 0 Å². The van der Waals surface area contributed by atoms with Crippen molar-refractivity contribution in [3.8, 4) is 0 Å². The molecule has 0 aliphatic heterocycles. The number of amides is 1. The highest BCUT2D eigenvalue weighted by molar-refractivity contribution is 6.07. The van der Waals surface area contributed by atoms with Crippen molar-refractivity contribution in [2.45, 2.75) is 6.42 Å². The summed E-state index contributed by atoms with van der Waals surface area (Å²) in [6.07, 6.45) is 3.92. The normalized spacial score (nSPS) is 10.6. The molecule has 2 aromatic heterocycles. The number of methoxy groups -OCH3 is 1. The highest BCUT2D eigenvalue weighted by Gasteiger charge is 2.11. The van der Waals surface area contributed by atoms with Gasteiger partial charge in [-0.3, -0.25) is 9.78 Å². The quantitative estimate of drug-likeness (QED) is 0.645. The summed E-state index contributed by atoms with van der Waals surface area (Å²) in [6, 6.07) is 11.1. The van der Waals surface area contributed by atoms with E-state index in [2.05, 4.69) is 25.6 Å². The van der Waals surface area contributed by atoms with E-state index in [0.29, 0.717) is 24.7 Å². The van der Waals surface area contributed by atoms with E-state index in [4.69, 9.17) is 4.74 Å². The lowest BCUT2D eigenvalue weighted by Gasteiger charge is -2.09. The predicted octanol–water partition coefficient (Wildman–Crippen LogP) is 2.73. The number of pyridine rings is 1. The van der Waals surface area contributed by atoms with Crippen LogP contribution in [-0.4, -0.2) is 41.1 Å². The van der Waals surface area contributed by atoms with Crippen LogP contribution >= 0.6 is 0 Å². The summed E-state index contributed by atoms with van der Waals surface area (Å²) in [5, 5.41) is 6.97. The lowest BCUT2D eigenvalue weighted by atomic mass is 10.2. The maximum Gasteiger partial charge on any atom is 0.274 e. The molecule has 1 amide bonds. The highest BCUT2D eigenvalue weighted by atomic mass is 16.5. The zero-order valence-electron chi connectivity index (χ0n) is 13.9. The summed E-state index contributed by atoms with van der Waals surface area (Å²) in [5.74, 6) is 0.299. The molecule has 0 aliphatic carbocycles. The maximum absolute atomic E-state index is 12.5. The van der Waals surface area contributed by atoms with Crippen molar-refractivity contribution in [1.29, 1.82) is 0 Å². The molecule has 0 atom stereocenters. The summed E-state index contributed by atoms with van der Waals surface area (Å²) >= 11 is 0. The number of nitrogens with one attached hydrogen (secondary N) is 2. The lowest BCUT2D eigenvalue weighted by molar-refractivity contribution is 0.102. The monoisotopic (exact) mass is 337 g/mol. The summed E-state index contributed by atoms with van der Waals surface area (Å²) in [4.78, 5) is 25.0. The first-order valence-corrected chi connectivity index (χ1v) is 7.98. The van der Waals surface area contributed by atoms with Crippen LogP contribution in [0.5, 0.6) is 0 Å². The van der Waals surface area contributed by atoms with Crippen molar-refractivity contribution in [3.05, 3.63) is 54.6 Å². The number of nitrogens with zero attached hydrogens (tertiary/aromatic N) is 3. The van der Waals surface area contributed by atoms with Gasteiger partial charge in [0.25, 0.3) is 5.91 Å². The van der Waals surface area contributed by atoms with E-state index in [-0.39, 0.29) is 11.6 Å². The van der Waals surface area contributed by atoms with E-state index in [0.717, 1.165) is 17.3 Å². The number of hydrogen-bond acceptors (Lipinski definition) is 6. The van der Waals surface area contributed by atoms with Gasteiger partial charge in [-0.25, -0.2) is 9.97 Å². The third-order valence-corrected chi connectivity index (χ3v) is 3.61. The first-order chi connectivity index (χ1) is 12.3. The minimum atomic E-state index is -0.305. The van der Waals surface area contributed by atoms with Gasteiger partial charge < -0.3 is 15.4 Å². The molecule has 0 unspecified atom stereocenters. The van der Waals surface area contributed by atoms with E-state index < -0.39 is 0 Å². The Hall–Kier alpha value is -3.06. The minimum Gasteiger partial charge on any atom is -0.385 e. The molecule has 0 aliphatic rings. The van der Waals surface area contributed by atoms with Gasteiger partial charge in [0.05, 0.1) is 11.2 Å². The molecule has 2 N–H and O–H groups in total. The average Bonchev–Trinajstić information content (AvgIpc) is 2.66. The van der Waals surface area contributed by atoms with Crippen LogP contribution in [0.3, 0.4) is 0 Å². The Balaban J connectivity index is 1.72. The molecular weight excluding hydrogens is 318 g/mol. The van der Waals surface area contributed by atoms with Crippen LogP contribution in [-0.2, 0) is 4.74 Å². The molecule has 1 aromatic carbocycles. The molecule has 128 valence electrons. The zero-order chi connectivity index (χ0) is 17.5. The number of ether oxygens (including phenoxy) is 1. The molecule has 0 saturated heterocycles. The van der Waals surface area contributed by atoms with Crippen molar-refractivity contribution < 1.29 is 9.53 Å². The Bertz CT molecular complexity index is 863. The fraction of sp³-hybridized carbons (Fsp3) is 0.222. The molecule has 7 nitrogen and oxygen atoms in total. The van der Waals surface area contributed by atoms with Crippen molar-refractivity contribution in [3.63, 3.8) is 0 Å². The first-order valence-electron chi connectivity index (χ1n) is 7.98. The van der Waals surface area contributed by atoms with Gasteiger partial charge in [-0.2, -0.15) is 0 Å². The molecule has 0 bridgehead atoms. The van der Waals surface area contributed by atoms with Gasteiger partial charge in [0.15, 0.2) is 0 Å². The third kappa shape index (κ3) is 4.27. The molecule has 7 heteroatoms. The maximum atomic E-state index is 12.5. The smallest absolute Gasteiger partial charge is 0.274 e. The largest absolute Gasteiger partial charge is 0.385 e. The number of anilines is 2. The predicted molar refractivity (Wildman–Crippen MR) is 96.7 cm³/mol. The van der Waals surface area contributed by atoms with E-state index >= 15 is 0 Å². The molecule has 2 heterocycles. The minimum absolute atomic E-state index is 0.289. The fourth-order valence-electron chi connectivity index (χ4n) is 2.40. The number of para-hydroxylation sites is 1. The SMILES string of the molecule is COCCCNc1cc(C(=O)Nc2cccc3cccnc23)ncn1.